The number of aryl methyl sites for hydroxylation is 1. The van der Waals surface area contributed by atoms with E-state index in [9.17, 15) is 9.59 Å². The first-order valence-electron chi connectivity index (χ1n) is 14.6. The molecule has 8 heteroatoms. The van der Waals surface area contributed by atoms with E-state index in [2.05, 4.69) is 5.32 Å². The Morgan fingerprint density at radius 1 is 0.975 bits per heavy atom. The normalized spacial score (nSPS) is 19.1. The molecule has 4 rings (SSSR count). The van der Waals surface area contributed by atoms with Crippen LogP contribution in [0.3, 0.4) is 0 Å². The fourth-order valence-electron chi connectivity index (χ4n) is 7.10. The summed E-state index contributed by atoms with van der Waals surface area (Å²) in [6, 6.07) is 13.6. The van der Waals surface area contributed by atoms with Gasteiger partial charge in [0, 0.05) is 71.5 Å². The Bertz CT molecular complexity index is 1190. The van der Waals surface area contributed by atoms with Crippen molar-refractivity contribution >= 4 is 35.0 Å². The second kappa shape index (κ2) is 13.2. The Hall–Kier alpha value is -2.12. The van der Waals surface area contributed by atoms with Crippen molar-refractivity contribution in [2.24, 2.45) is 0 Å². The number of piperidine rings is 2. The Kier molecular flexibility index (Phi) is 10.2. The second-order valence-corrected chi connectivity index (χ2v) is 12.8. The summed E-state index contributed by atoms with van der Waals surface area (Å²) in [5.74, 6) is 0.328. The lowest BCUT2D eigenvalue weighted by Crippen LogP contribution is -2.74. The highest BCUT2D eigenvalue weighted by Gasteiger charge is 2.57. The first-order chi connectivity index (χ1) is 19.1. The van der Waals surface area contributed by atoms with Gasteiger partial charge in [-0.25, -0.2) is 0 Å². The fraction of sp³-hybridized carbons (Fsp3) is 0.562. The molecule has 2 aliphatic rings. The quantitative estimate of drug-likeness (QED) is 0.379. The summed E-state index contributed by atoms with van der Waals surface area (Å²) in [5.41, 5.74) is 2.36. The first kappa shape index (κ1) is 30.8. The lowest BCUT2D eigenvalue weighted by molar-refractivity contribution is -0.972. The van der Waals surface area contributed by atoms with Crippen LogP contribution in [0.1, 0.15) is 65.9 Å². The average Bonchev–Trinajstić information content (AvgIpc) is 2.96. The number of amides is 2. The van der Waals surface area contributed by atoms with Crippen LogP contribution in [0.25, 0.3) is 0 Å². The van der Waals surface area contributed by atoms with Crippen LogP contribution in [0.5, 0.6) is 0 Å². The molecule has 6 nitrogen and oxygen atoms in total. The molecule has 2 amide bonds. The topological polar surface area (TPSA) is 52.7 Å². The van der Waals surface area contributed by atoms with Crippen LogP contribution in [0.4, 0.5) is 0 Å². The van der Waals surface area contributed by atoms with Crippen molar-refractivity contribution in [3.63, 3.8) is 0 Å². The smallest absolute Gasteiger partial charge is 0.283 e. The van der Waals surface area contributed by atoms with Crippen molar-refractivity contribution < 1.29 is 14.1 Å². The Morgan fingerprint density at radius 2 is 1.65 bits per heavy atom. The van der Waals surface area contributed by atoms with E-state index in [0.29, 0.717) is 16.6 Å². The second-order valence-electron chi connectivity index (χ2n) is 12.0. The van der Waals surface area contributed by atoms with Gasteiger partial charge in [0.2, 0.25) is 0 Å². The van der Waals surface area contributed by atoms with E-state index in [4.69, 9.17) is 23.2 Å². The molecule has 2 saturated heterocycles. The van der Waals surface area contributed by atoms with E-state index in [0.717, 1.165) is 86.0 Å². The van der Waals surface area contributed by atoms with Crippen LogP contribution < -0.4 is 5.32 Å². The Balaban J connectivity index is 1.66. The van der Waals surface area contributed by atoms with Crippen molar-refractivity contribution in [2.75, 3.05) is 60.4 Å². The number of rotatable bonds is 9. The molecule has 2 aromatic carbocycles. The Morgan fingerprint density at radius 3 is 2.27 bits per heavy atom. The van der Waals surface area contributed by atoms with Crippen molar-refractivity contribution in [3.8, 4) is 0 Å². The number of carbonyl (C=O) groups is 2. The van der Waals surface area contributed by atoms with E-state index < -0.39 is 5.54 Å². The summed E-state index contributed by atoms with van der Waals surface area (Å²) >= 11 is 12.8. The molecule has 1 unspecified atom stereocenters. The summed E-state index contributed by atoms with van der Waals surface area (Å²) in [4.78, 5) is 31.1. The molecule has 40 heavy (non-hydrogen) atoms. The number of quaternary nitrogens is 1. The van der Waals surface area contributed by atoms with E-state index in [-0.39, 0.29) is 17.7 Å². The molecule has 2 heterocycles. The highest BCUT2D eigenvalue weighted by molar-refractivity contribution is 6.42. The van der Waals surface area contributed by atoms with E-state index in [1.54, 1.807) is 0 Å². The number of benzene rings is 2. The van der Waals surface area contributed by atoms with Crippen LogP contribution in [-0.2, 0) is 4.79 Å². The minimum Gasteiger partial charge on any atom is -0.343 e. The van der Waals surface area contributed by atoms with Crippen molar-refractivity contribution in [3.05, 3.63) is 69.2 Å². The maximum absolute atomic E-state index is 14.0. The number of hydrogen-bond acceptors (Lipinski definition) is 3. The van der Waals surface area contributed by atoms with Gasteiger partial charge in [-0.2, -0.15) is 0 Å². The molecule has 1 atom stereocenters. The minimum atomic E-state index is -0.416. The van der Waals surface area contributed by atoms with Crippen LogP contribution in [-0.4, -0.2) is 92.0 Å². The summed E-state index contributed by atoms with van der Waals surface area (Å²) in [6.45, 7) is 7.19. The van der Waals surface area contributed by atoms with Gasteiger partial charge in [-0.15, -0.1) is 0 Å². The summed E-state index contributed by atoms with van der Waals surface area (Å²) in [5, 5.41) is 4.55. The predicted octanol–water partition coefficient (Wildman–Crippen LogP) is 5.76. The number of likely N-dealkylation sites (N-methyl/N-ethyl adjacent to an activating group) is 2. The molecular formula is C32H45Cl2N4O2+. The molecule has 0 saturated carbocycles. The molecule has 2 aliphatic heterocycles. The highest BCUT2D eigenvalue weighted by atomic mass is 35.5. The number of likely N-dealkylation sites (tertiary alicyclic amines) is 1. The number of halogens is 2. The summed E-state index contributed by atoms with van der Waals surface area (Å²) in [6.07, 6.45) is 6.05. The van der Waals surface area contributed by atoms with Crippen molar-refractivity contribution in [1.29, 1.82) is 0 Å². The van der Waals surface area contributed by atoms with Crippen molar-refractivity contribution in [2.45, 2.75) is 56.9 Å². The third-order valence-electron chi connectivity index (χ3n) is 9.35. The van der Waals surface area contributed by atoms with Gasteiger partial charge in [0.25, 0.3) is 11.8 Å². The predicted molar refractivity (Wildman–Crippen MR) is 164 cm³/mol. The first-order valence-corrected chi connectivity index (χ1v) is 15.4. The zero-order valence-corrected chi connectivity index (χ0v) is 26.0. The largest absolute Gasteiger partial charge is 0.343 e. The number of carbonyl (C=O) groups excluding carboxylic acids is 2. The van der Waals surface area contributed by atoms with Gasteiger partial charge in [0.15, 0.2) is 5.54 Å². The highest BCUT2D eigenvalue weighted by Crippen LogP contribution is 2.40. The third-order valence-corrected chi connectivity index (χ3v) is 10.1. The molecule has 218 valence electrons. The maximum Gasteiger partial charge on any atom is 0.283 e. The maximum atomic E-state index is 14.0. The zero-order chi connectivity index (χ0) is 28.9. The van der Waals surface area contributed by atoms with Crippen LogP contribution in [0.15, 0.2) is 42.5 Å². The zero-order valence-electron chi connectivity index (χ0n) is 24.5. The van der Waals surface area contributed by atoms with Crippen molar-refractivity contribution in [1.82, 2.24) is 15.1 Å². The lowest BCUT2D eigenvalue weighted by atomic mass is 9.79. The molecule has 0 aliphatic carbocycles. The molecular weight excluding hydrogens is 543 g/mol. The molecule has 2 fully saturated rings. The van der Waals surface area contributed by atoms with E-state index in [1.807, 2.05) is 80.3 Å². The summed E-state index contributed by atoms with van der Waals surface area (Å²) < 4.78 is 0.832. The summed E-state index contributed by atoms with van der Waals surface area (Å²) in [7, 11) is 5.68. The molecule has 0 bridgehead atoms. The van der Waals surface area contributed by atoms with Crippen LogP contribution >= 0.6 is 23.2 Å². The molecule has 1 N–H and O–H groups in total. The van der Waals surface area contributed by atoms with Gasteiger partial charge in [-0.05, 0) is 55.5 Å². The number of hydrogen-bond donors (Lipinski definition) is 1. The van der Waals surface area contributed by atoms with Gasteiger partial charge in [-0.1, -0.05) is 47.5 Å². The molecule has 0 spiro atoms. The van der Waals surface area contributed by atoms with Crippen LogP contribution in [0.2, 0.25) is 10.0 Å². The Labute approximate surface area is 250 Å². The minimum absolute atomic E-state index is 0.0163. The molecule has 2 aromatic rings. The standard InChI is InChI=1S/C32H45Cl2N4O2/c1-24-10-6-7-11-27(24)30(39)37(4)23-26(25-12-13-28(33)29(34)22-25)14-21-38(19-8-5-9-20-38)32(31(40)36(2)3)15-17-35-18-16-32/h6-7,10-13,22,26,35H,5,8-9,14-21,23H2,1-4H3/q+1. The number of nitrogens with zero attached hydrogens (tertiary/aromatic N) is 3. The van der Waals surface area contributed by atoms with E-state index >= 15 is 0 Å². The van der Waals surface area contributed by atoms with Gasteiger partial charge in [-0.3, -0.25) is 9.59 Å². The van der Waals surface area contributed by atoms with Crippen LogP contribution in [0, 0.1) is 6.92 Å². The van der Waals surface area contributed by atoms with Gasteiger partial charge >= 0.3 is 0 Å². The van der Waals surface area contributed by atoms with Gasteiger partial charge in [0.05, 0.1) is 29.7 Å². The average molecular weight is 589 g/mol. The van der Waals surface area contributed by atoms with Gasteiger partial charge in [0.1, 0.15) is 0 Å². The molecule has 0 radical (unpaired) electrons. The monoisotopic (exact) mass is 587 g/mol. The SMILES string of the molecule is Cc1ccccc1C(=O)N(C)CC(CC[N+]1(C2(C(=O)N(C)C)CCNCC2)CCCCC1)c1ccc(Cl)c(Cl)c1. The fourth-order valence-corrected chi connectivity index (χ4v) is 7.40. The number of nitrogens with one attached hydrogen (secondary N) is 1. The molecule has 0 aromatic heterocycles. The third kappa shape index (κ3) is 6.35. The lowest BCUT2D eigenvalue weighted by Gasteiger charge is -2.56. The van der Waals surface area contributed by atoms with Gasteiger partial charge < -0.3 is 19.6 Å². The van der Waals surface area contributed by atoms with E-state index in [1.165, 1.54) is 6.42 Å².